The second kappa shape index (κ2) is 7.66. The third kappa shape index (κ3) is 3.33. The van der Waals surface area contributed by atoms with E-state index in [4.69, 9.17) is 15.2 Å². The van der Waals surface area contributed by atoms with Crippen LogP contribution in [0.1, 0.15) is 44.2 Å². The molecule has 1 aromatic carbocycles. The predicted octanol–water partition coefficient (Wildman–Crippen LogP) is 2.97. The van der Waals surface area contributed by atoms with Gasteiger partial charge in [0, 0.05) is 18.2 Å². The average Bonchev–Trinajstić information content (AvgIpc) is 2.55. The molecule has 1 aliphatic heterocycles. The minimum Gasteiger partial charge on any atom is -0.493 e. The highest BCUT2D eigenvalue weighted by molar-refractivity contribution is 5.48. The first-order valence-corrected chi connectivity index (χ1v) is 7.93. The van der Waals surface area contributed by atoms with Crippen molar-refractivity contribution in [1.82, 2.24) is 4.90 Å². The van der Waals surface area contributed by atoms with E-state index >= 15 is 0 Å². The molecule has 0 bridgehead atoms. The van der Waals surface area contributed by atoms with Crippen molar-refractivity contribution >= 4 is 0 Å². The lowest BCUT2D eigenvalue weighted by molar-refractivity contribution is 0.0932. The third-order valence-electron chi connectivity index (χ3n) is 4.56. The van der Waals surface area contributed by atoms with Gasteiger partial charge in [-0.15, -0.1) is 0 Å². The van der Waals surface area contributed by atoms with Gasteiger partial charge < -0.3 is 15.2 Å². The number of hydrogen-bond acceptors (Lipinski definition) is 4. The van der Waals surface area contributed by atoms with Crippen LogP contribution in [0.3, 0.4) is 0 Å². The summed E-state index contributed by atoms with van der Waals surface area (Å²) >= 11 is 0. The first kappa shape index (κ1) is 16.1. The molecule has 0 radical (unpaired) electrons. The summed E-state index contributed by atoms with van der Waals surface area (Å²) in [6.07, 6.45) is 5.00. The summed E-state index contributed by atoms with van der Waals surface area (Å²) < 4.78 is 11.0. The molecule has 21 heavy (non-hydrogen) atoms. The van der Waals surface area contributed by atoms with E-state index in [-0.39, 0.29) is 6.04 Å². The van der Waals surface area contributed by atoms with Crippen molar-refractivity contribution in [3.8, 4) is 11.5 Å². The molecular weight excluding hydrogens is 264 g/mol. The normalized spacial score (nSPS) is 21.0. The summed E-state index contributed by atoms with van der Waals surface area (Å²) in [5, 5.41) is 0. The minimum atomic E-state index is 0.195. The van der Waals surface area contributed by atoms with Crippen LogP contribution in [0.2, 0.25) is 0 Å². The highest BCUT2D eigenvalue weighted by atomic mass is 16.5. The van der Waals surface area contributed by atoms with Crippen LogP contribution in [0.25, 0.3) is 0 Å². The van der Waals surface area contributed by atoms with Gasteiger partial charge in [-0.3, -0.25) is 4.90 Å². The zero-order chi connectivity index (χ0) is 15.2. The zero-order valence-corrected chi connectivity index (χ0v) is 13.5. The summed E-state index contributed by atoms with van der Waals surface area (Å²) in [6, 6.07) is 6.87. The molecule has 0 saturated carbocycles. The van der Waals surface area contributed by atoms with E-state index in [1.54, 1.807) is 14.2 Å². The van der Waals surface area contributed by atoms with Gasteiger partial charge in [0.1, 0.15) is 0 Å². The third-order valence-corrected chi connectivity index (χ3v) is 4.56. The predicted molar refractivity (Wildman–Crippen MR) is 86.0 cm³/mol. The van der Waals surface area contributed by atoms with E-state index in [0.717, 1.165) is 23.6 Å². The largest absolute Gasteiger partial charge is 0.493 e. The van der Waals surface area contributed by atoms with Crippen molar-refractivity contribution in [2.75, 3.05) is 27.3 Å². The molecule has 2 rings (SSSR count). The molecule has 4 heteroatoms. The molecule has 1 saturated heterocycles. The summed E-state index contributed by atoms with van der Waals surface area (Å²) in [6.45, 7) is 3.97. The fraction of sp³-hybridized carbons (Fsp3) is 0.647. The van der Waals surface area contributed by atoms with Crippen molar-refractivity contribution in [1.29, 1.82) is 0 Å². The first-order chi connectivity index (χ1) is 10.3. The van der Waals surface area contributed by atoms with Crippen LogP contribution in [0.15, 0.2) is 18.2 Å². The number of ether oxygens (including phenoxy) is 2. The molecule has 2 unspecified atom stereocenters. The molecule has 118 valence electrons. The monoisotopic (exact) mass is 292 g/mol. The maximum atomic E-state index is 6.13. The number of benzene rings is 1. The summed E-state index contributed by atoms with van der Waals surface area (Å²) in [7, 11) is 3.37. The zero-order valence-electron chi connectivity index (χ0n) is 13.5. The lowest BCUT2D eigenvalue weighted by Crippen LogP contribution is -2.44. The van der Waals surface area contributed by atoms with Crippen LogP contribution >= 0.6 is 0 Å². The summed E-state index contributed by atoms with van der Waals surface area (Å²) in [5.41, 5.74) is 7.27. The van der Waals surface area contributed by atoms with E-state index in [0.29, 0.717) is 12.6 Å². The Morgan fingerprint density at radius 1 is 1.29 bits per heavy atom. The van der Waals surface area contributed by atoms with Gasteiger partial charge in [0.25, 0.3) is 0 Å². The van der Waals surface area contributed by atoms with Gasteiger partial charge >= 0.3 is 0 Å². The fourth-order valence-electron chi connectivity index (χ4n) is 3.49. The molecule has 1 aliphatic rings. The van der Waals surface area contributed by atoms with Crippen LogP contribution in [0, 0.1) is 0 Å². The number of nitrogens with two attached hydrogens (primary N) is 1. The Morgan fingerprint density at radius 3 is 2.71 bits per heavy atom. The van der Waals surface area contributed by atoms with E-state index in [1.165, 1.54) is 25.7 Å². The first-order valence-electron chi connectivity index (χ1n) is 7.93. The van der Waals surface area contributed by atoms with Gasteiger partial charge in [0.2, 0.25) is 0 Å². The number of likely N-dealkylation sites (tertiary alicyclic amines) is 1. The lowest BCUT2D eigenvalue weighted by atomic mass is 9.94. The van der Waals surface area contributed by atoms with Crippen LogP contribution in [-0.2, 0) is 0 Å². The minimum absolute atomic E-state index is 0.195. The number of piperidine rings is 1. The summed E-state index contributed by atoms with van der Waals surface area (Å²) in [5.74, 6) is 1.59. The number of nitrogens with zero attached hydrogens (tertiary/aromatic N) is 1. The lowest BCUT2D eigenvalue weighted by Gasteiger charge is -2.41. The fourth-order valence-corrected chi connectivity index (χ4v) is 3.49. The van der Waals surface area contributed by atoms with Crippen molar-refractivity contribution in [3.63, 3.8) is 0 Å². The molecule has 0 aromatic heterocycles. The Kier molecular flexibility index (Phi) is 5.88. The highest BCUT2D eigenvalue weighted by Crippen LogP contribution is 2.38. The van der Waals surface area contributed by atoms with Crippen LogP contribution in [-0.4, -0.2) is 38.3 Å². The smallest absolute Gasteiger partial charge is 0.165 e. The Morgan fingerprint density at radius 2 is 2.10 bits per heavy atom. The molecule has 1 fully saturated rings. The Hall–Kier alpha value is -1.26. The van der Waals surface area contributed by atoms with E-state index in [9.17, 15) is 0 Å². The molecule has 2 atom stereocenters. The second-order valence-corrected chi connectivity index (χ2v) is 5.63. The van der Waals surface area contributed by atoms with Crippen LogP contribution in [0.4, 0.5) is 0 Å². The highest BCUT2D eigenvalue weighted by Gasteiger charge is 2.30. The quantitative estimate of drug-likeness (QED) is 0.875. The molecule has 0 aliphatic carbocycles. The van der Waals surface area contributed by atoms with Crippen molar-refractivity contribution in [2.24, 2.45) is 5.73 Å². The SMILES string of the molecule is CCC1CCCCN1C(CN)c1cccc(OC)c1OC. The van der Waals surface area contributed by atoms with Crippen LogP contribution < -0.4 is 15.2 Å². The van der Waals surface area contributed by atoms with E-state index in [1.807, 2.05) is 12.1 Å². The van der Waals surface area contributed by atoms with Gasteiger partial charge in [0.05, 0.1) is 20.3 Å². The molecule has 2 N–H and O–H groups in total. The van der Waals surface area contributed by atoms with Gasteiger partial charge in [-0.1, -0.05) is 25.5 Å². The van der Waals surface area contributed by atoms with Crippen molar-refractivity contribution in [2.45, 2.75) is 44.7 Å². The standard InChI is InChI=1S/C17H28N2O2/c1-4-13-8-5-6-11-19(13)15(12-18)14-9-7-10-16(20-2)17(14)21-3/h7,9-10,13,15H,4-6,8,11-12,18H2,1-3H3. The van der Waals surface area contributed by atoms with Crippen molar-refractivity contribution < 1.29 is 9.47 Å². The topological polar surface area (TPSA) is 47.7 Å². The molecule has 1 heterocycles. The maximum absolute atomic E-state index is 6.13. The second-order valence-electron chi connectivity index (χ2n) is 5.63. The number of methoxy groups -OCH3 is 2. The van der Waals surface area contributed by atoms with Crippen LogP contribution in [0.5, 0.6) is 11.5 Å². The van der Waals surface area contributed by atoms with E-state index in [2.05, 4.69) is 17.9 Å². The Balaban J connectivity index is 2.36. The molecule has 4 nitrogen and oxygen atoms in total. The van der Waals surface area contributed by atoms with Gasteiger partial charge in [-0.05, 0) is 31.9 Å². The Labute approximate surface area is 128 Å². The molecule has 0 spiro atoms. The summed E-state index contributed by atoms with van der Waals surface area (Å²) in [4.78, 5) is 2.56. The van der Waals surface area contributed by atoms with Crippen molar-refractivity contribution in [3.05, 3.63) is 23.8 Å². The molecular formula is C17H28N2O2. The average molecular weight is 292 g/mol. The molecule has 0 amide bonds. The Bertz CT molecular complexity index is 450. The van der Waals surface area contributed by atoms with Gasteiger partial charge in [0.15, 0.2) is 11.5 Å². The van der Waals surface area contributed by atoms with Gasteiger partial charge in [-0.25, -0.2) is 0 Å². The number of rotatable bonds is 6. The number of hydrogen-bond donors (Lipinski definition) is 1. The maximum Gasteiger partial charge on any atom is 0.165 e. The van der Waals surface area contributed by atoms with E-state index < -0.39 is 0 Å². The molecule has 1 aromatic rings. The van der Waals surface area contributed by atoms with Gasteiger partial charge in [-0.2, -0.15) is 0 Å². The number of para-hydroxylation sites is 1.